The van der Waals surface area contributed by atoms with Gasteiger partial charge in [0.2, 0.25) is 0 Å². The average molecular weight is 230 g/mol. The van der Waals surface area contributed by atoms with Gasteiger partial charge >= 0.3 is 5.97 Å². The summed E-state index contributed by atoms with van der Waals surface area (Å²) in [6.07, 6.45) is 2.55. The van der Waals surface area contributed by atoms with E-state index in [9.17, 15) is 4.79 Å². The molecule has 1 aromatic carbocycles. The lowest BCUT2D eigenvalue weighted by Gasteiger charge is -2.04. The van der Waals surface area contributed by atoms with E-state index >= 15 is 0 Å². The third kappa shape index (κ3) is 1.79. The number of hydrogen-bond donors (Lipinski definition) is 2. The van der Waals surface area contributed by atoms with Crippen LogP contribution in [0, 0.1) is 5.92 Å². The van der Waals surface area contributed by atoms with Gasteiger partial charge in [0.25, 0.3) is 0 Å². The summed E-state index contributed by atoms with van der Waals surface area (Å²) in [4.78, 5) is 18.6. The van der Waals surface area contributed by atoms with Crippen LogP contribution in [0.2, 0.25) is 0 Å². The molecule has 1 saturated carbocycles. The number of aromatic carboxylic acids is 1. The van der Waals surface area contributed by atoms with E-state index in [4.69, 9.17) is 5.11 Å². The number of nitrogens with one attached hydrogen (secondary N) is 1. The van der Waals surface area contributed by atoms with Crippen LogP contribution < -0.4 is 0 Å². The molecular weight excluding hydrogens is 216 g/mol. The molecule has 1 fully saturated rings. The maximum atomic E-state index is 10.9. The SMILES string of the molecule is CC(c1nc2ccc(C(=O)O)cc2[nH]1)C1CC1. The molecule has 1 atom stereocenters. The molecule has 3 rings (SSSR count). The van der Waals surface area contributed by atoms with Gasteiger partial charge in [-0.2, -0.15) is 0 Å². The average Bonchev–Trinajstić information content (AvgIpc) is 3.06. The van der Waals surface area contributed by atoms with Crippen LogP contribution in [0.5, 0.6) is 0 Å². The summed E-state index contributed by atoms with van der Waals surface area (Å²) in [5.74, 6) is 1.26. The zero-order chi connectivity index (χ0) is 12.0. The molecule has 88 valence electrons. The number of H-pyrrole nitrogens is 1. The minimum absolute atomic E-state index is 0.298. The van der Waals surface area contributed by atoms with Crippen LogP contribution in [0.15, 0.2) is 18.2 Å². The first-order valence-electron chi connectivity index (χ1n) is 5.88. The van der Waals surface area contributed by atoms with Crippen molar-refractivity contribution in [1.29, 1.82) is 0 Å². The summed E-state index contributed by atoms with van der Waals surface area (Å²) >= 11 is 0. The first-order valence-corrected chi connectivity index (χ1v) is 5.88. The molecule has 2 aromatic rings. The maximum absolute atomic E-state index is 10.9. The minimum Gasteiger partial charge on any atom is -0.478 e. The number of nitrogens with zero attached hydrogens (tertiary/aromatic N) is 1. The Labute approximate surface area is 98.7 Å². The van der Waals surface area contributed by atoms with E-state index in [1.165, 1.54) is 12.8 Å². The molecule has 1 aliphatic rings. The Bertz CT molecular complexity index is 584. The number of aromatic nitrogens is 2. The van der Waals surface area contributed by atoms with Gasteiger partial charge in [0.15, 0.2) is 0 Å². The Hall–Kier alpha value is -1.84. The molecule has 1 unspecified atom stereocenters. The number of carboxylic acid groups (broad SMARTS) is 1. The molecular formula is C13H14N2O2. The Morgan fingerprint density at radius 3 is 2.94 bits per heavy atom. The lowest BCUT2D eigenvalue weighted by Crippen LogP contribution is -1.97. The van der Waals surface area contributed by atoms with Crippen molar-refractivity contribution >= 4 is 17.0 Å². The van der Waals surface area contributed by atoms with Crippen molar-refractivity contribution in [1.82, 2.24) is 9.97 Å². The molecule has 1 aromatic heterocycles. The molecule has 1 aliphatic carbocycles. The van der Waals surface area contributed by atoms with Crippen molar-refractivity contribution in [2.45, 2.75) is 25.7 Å². The minimum atomic E-state index is -0.904. The standard InChI is InChI=1S/C13H14N2O2/c1-7(8-2-3-8)12-14-10-5-4-9(13(16)17)6-11(10)15-12/h4-8H,2-3H2,1H3,(H,14,15)(H,16,17). The van der Waals surface area contributed by atoms with Gasteiger partial charge in [0.05, 0.1) is 16.6 Å². The Kier molecular flexibility index (Phi) is 2.18. The largest absolute Gasteiger partial charge is 0.478 e. The molecule has 2 N–H and O–H groups in total. The maximum Gasteiger partial charge on any atom is 0.335 e. The second-order valence-corrected chi connectivity index (χ2v) is 4.79. The van der Waals surface area contributed by atoms with Gasteiger partial charge in [0.1, 0.15) is 5.82 Å². The smallest absolute Gasteiger partial charge is 0.335 e. The van der Waals surface area contributed by atoms with Crippen LogP contribution in [-0.2, 0) is 0 Å². The predicted octanol–water partition coefficient (Wildman–Crippen LogP) is 2.77. The molecule has 0 saturated heterocycles. The van der Waals surface area contributed by atoms with Gasteiger partial charge < -0.3 is 10.1 Å². The molecule has 0 amide bonds. The fourth-order valence-electron chi connectivity index (χ4n) is 2.20. The van der Waals surface area contributed by atoms with E-state index in [0.29, 0.717) is 11.5 Å². The van der Waals surface area contributed by atoms with Crippen LogP contribution in [0.3, 0.4) is 0 Å². The van der Waals surface area contributed by atoms with Gasteiger partial charge in [-0.05, 0) is 37.0 Å². The number of rotatable bonds is 3. The summed E-state index contributed by atoms with van der Waals surface area (Å²) in [7, 11) is 0. The van der Waals surface area contributed by atoms with E-state index in [0.717, 1.165) is 22.8 Å². The van der Waals surface area contributed by atoms with E-state index in [1.807, 2.05) is 0 Å². The van der Waals surface area contributed by atoms with E-state index < -0.39 is 5.97 Å². The quantitative estimate of drug-likeness (QED) is 0.852. The summed E-state index contributed by atoms with van der Waals surface area (Å²) < 4.78 is 0. The van der Waals surface area contributed by atoms with Gasteiger partial charge in [-0.1, -0.05) is 6.92 Å². The number of imidazole rings is 1. The van der Waals surface area contributed by atoms with E-state index in [1.54, 1.807) is 18.2 Å². The number of fused-ring (bicyclic) bond motifs is 1. The highest BCUT2D eigenvalue weighted by atomic mass is 16.4. The van der Waals surface area contributed by atoms with Crippen LogP contribution in [0.1, 0.15) is 41.9 Å². The van der Waals surface area contributed by atoms with Crippen LogP contribution >= 0.6 is 0 Å². The number of carboxylic acids is 1. The molecule has 4 nitrogen and oxygen atoms in total. The summed E-state index contributed by atoms with van der Waals surface area (Å²) in [5.41, 5.74) is 1.96. The first-order chi connectivity index (χ1) is 8.15. The molecule has 4 heteroatoms. The van der Waals surface area contributed by atoms with Crippen LogP contribution in [0.25, 0.3) is 11.0 Å². The number of hydrogen-bond acceptors (Lipinski definition) is 2. The van der Waals surface area contributed by atoms with Crippen molar-refractivity contribution in [3.05, 3.63) is 29.6 Å². The summed E-state index contributed by atoms with van der Waals surface area (Å²) in [6.45, 7) is 2.17. The lowest BCUT2D eigenvalue weighted by molar-refractivity contribution is 0.0697. The molecule has 0 spiro atoms. The first kappa shape index (κ1) is 10.3. The number of benzene rings is 1. The van der Waals surface area contributed by atoms with Crippen molar-refractivity contribution in [3.8, 4) is 0 Å². The fourth-order valence-corrected chi connectivity index (χ4v) is 2.20. The monoisotopic (exact) mass is 230 g/mol. The zero-order valence-electron chi connectivity index (χ0n) is 9.60. The summed E-state index contributed by atoms with van der Waals surface area (Å²) in [5, 5.41) is 8.92. The topological polar surface area (TPSA) is 66.0 Å². The van der Waals surface area contributed by atoms with Crippen LogP contribution in [-0.4, -0.2) is 21.0 Å². The highest BCUT2D eigenvalue weighted by Gasteiger charge is 2.30. The predicted molar refractivity (Wildman–Crippen MR) is 64.2 cm³/mol. The van der Waals surface area contributed by atoms with Crippen molar-refractivity contribution in [2.24, 2.45) is 5.92 Å². The zero-order valence-corrected chi connectivity index (χ0v) is 9.60. The molecule has 0 aliphatic heterocycles. The highest BCUT2D eigenvalue weighted by Crippen LogP contribution is 2.41. The molecule has 1 heterocycles. The van der Waals surface area contributed by atoms with E-state index in [2.05, 4.69) is 16.9 Å². The van der Waals surface area contributed by atoms with Gasteiger partial charge in [-0.3, -0.25) is 0 Å². The van der Waals surface area contributed by atoms with E-state index in [-0.39, 0.29) is 0 Å². The van der Waals surface area contributed by atoms with Crippen molar-refractivity contribution < 1.29 is 9.90 Å². The normalized spacial score (nSPS) is 17.2. The molecule has 17 heavy (non-hydrogen) atoms. The number of carbonyl (C=O) groups is 1. The Balaban J connectivity index is 2.02. The van der Waals surface area contributed by atoms with Crippen molar-refractivity contribution in [3.63, 3.8) is 0 Å². The molecule has 0 radical (unpaired) electrons. The number of aromatic amines is 1. The molecule has 0 bridgehead atoms. The van der Waals surface area contributed by atoms with Crippen molar-refractivity contribution in [2.75, 3.05) is 0 Å². The van der Waals surface area contributed by atoms with Gasteiger partial charge in [-0.15, -0.1) is 0 Å². The third-order valence-electron chi connectivity index (χ3n) is 3.51. The highest BCUT2D eigenvalue weighted by molar-refractivity contribution is 5.92. The Morgan fingerprint density at radius 2 is 2.29 bits per heavy atom. The van der Waals surface area contributed by atoms with Crippen LogP contribution in [0.4, 0.5) is 0 Å². The van der Waals surface area contributed by atoms with Gasteiger partial charge in [-0.25, -0.2) is 9.78 Å². The third-order valence-corrected chi connectivity index (χ3v) is 3.51. The lowest BCUT2D eigenvalue weighted by atomic mass is 10.1. The summed E-state index contributed by atoms with van der Waals surface area (Å²) in [6, 6.07) is 5.00. The Morgan fingerprint density at radius 1 is 1.53 bits per heavy atom. The van der Waals surface area contributed by atoms with Gasteiger partial charge in [0, 0.05) is 5.92 Å². The fraction of sp³-hybridized carbons (Fsp3) is 0.385. The second-order valence-electron chi connectivity index (χ2n) is 4.79. The second kappa shape index (κ2) is 3.58.